The summed E-state index contributed by atoms with van der Waals surface area (Å²) in [6.07, 6.45) is 1.17. The second-order valence-electron chi connectivity index (χ2n) is 4.84. The summed E-state index contributed by atoms with van der Waals surface area (Å²) in [4.78, 5) is 12.2. The van der Waals surface area contributed by atoms with Crippen LogP contribution in [0.25, 0.3) is 0 Å². The van der Waals surface area contributed by atoms with Crippen LogP contribution in [0, 0.1) is 0 Å². The van der Waals surface area contributed by atoms with Gasteiger partial charge in [-0.1, -0.05) is 17.7 Å². The van der Waals surface area contributed by atoms with Crippen LogP contribution in [0.4, 0.5) is 5.69 Å². The zero-order valence-electron chi connectivity index (χ0n) is 11.1. The van der Waals surface area contributed by atoms with E-state index in [0.29, 0.717) is 24.5 Å². The standard InChI is InChI=1S/C14H18ClNO3/c1-10-9-14(6-7-19-10,13(17)18-2)16-12-5-3-4-11(15)8-12/h3-5,8,10,16H,6-7,9H2,1-2H3. The highest BCUT2D eigenvalue weighted by Crippen LogP contribution is 2.31. The number of rotatable bonds is 3. The maximum atomic E-state index is 12.2. The molecule has 0 amide bonds. The molecule has 0 aliphatic carbocycles. The van der Waals surface area contributed by atoms with E-state index in [2.05, 4.69) is 5.32 Å². The first-order chi connectivity index (χ1) is 9.05. The van der Waals surface area contributed by atoms with Gasteiger partial charge in [-0.3, -0.25) is 0 Å². The molecule has 1 aromatic carbocycles. The van der Waals surface area contributed by atoms with E-state index in [0.717, 1.165) is 5.69 Å². The number of methoxy groups -OCH3 is 1. The SMILES string of the molecule is COC(=O)C1(Nc2cccc(Cl)c2)CCOC(C)C1. The van der Waals surface area contributed by atoms with Gasteiger partial charge >= 0.3 is 5.97 Å². The molecule has 19 heavy (non-hydrogen) atoms. The summed E-state index contributed by atoms with van der Waals surface area (Å²) in [5.41, 5.74) is 0.0730. The molecule has 0 bridgehead atoms. The number of nitrogens with one attached hydrogen (secondary N) is 1. The fraction of sp³-hybridized carbons (Fsp3) is 0.500. The Morgan fingerprint density at radius 3 is 3.00 bits per heavy atom. The third kappa shape index (κ3) is 3.19. The maximum absolute atomic E-state index is 12.2. The molecule has 0 spiro atoms. The van der Waals surface area contributed by atoms with Crippen LogP contribution < -0.4 is 5.32 Å². The number of ether oxygens (including phenoxy) is 2. The van der Waals surface area contributed by atoms with E-state index < -0.39 is 5.54 Å². The van der Waals surface area contributed by atoms with E-state index in [9.17, 15) is 4.79 Å². The first kappa shape index (κ1) is 14.2. The molecule has 1 aromatic rings. The number of hydrogen-bond acceptors (Lipinski definition) is 4. The summed E-state index contributed by atoms with van der Waals surface area (Å²) in [5, 5.41) is 3.91. The van der Waals surface area contributed by atoms with Crippen LogP contribution in [0.5, 0.6) is 0 Å². The molecule has 1 N–H and O–H groups in total. The Labute approximate surface area is 118 Å². The van der Waals surface area contributed by atoms with Gasteiger partial charge in [0.1, 0.15) is 5.54 Å². The maximum Gasteiger partial charge on any atom is 0.331 e. The second kappa shape index (κ2) is 5.80. The average Bonchev–Trinajstić information content (AvgIpc) is 2.37. The fourth-order valence-corrected chi connectivity index (χ4v) is 2.66. The Bertz CT molecular complexity index is 466. The lowest BCUT2D eigenvalue weighted by molar-refractivity contribution is -0.151. The Kier molecular flexibility index (Phi) is 4.32. The molecule has 2 atom stereocenters. The molecule has 1 saturated heterocycles. The third-order valence-electron chi connectivity index (χ3n) is 3.35. The number of carbonyl (C=O) groups excluding carboxylic acids is 1. The van der Waals surface area contributed by atoms with Gasteiger partial charge in [0.15, 0.2) is 0 Å². The van der Waals surface area contributed by atoms with Gasteiger partial charge < -0.3 is 14.8 Å². The Balaban J connectivity index is 2.25. The van der Waals surface area contributed by atoms with Crippen LogP contribution in [0.2, 0.25) is 5.02 Å². The highest BCUT2D eigenvalue weighted by Gasteiger charge is 2.43. The topological polar surface area (TPSA) is 47.6 Å². The minimum absolute atomic E-state index is 0.0135. The molecule has 1 fully saturated rings. The van der Waals surface area contributed by atoms with Crippen LogP contribution in [0.15, 0.2) is 24.3 Å². The molecule has 0 saturated carbocycles. The molecular formula is C14H18ClNO3. The molecule has 1 heterocycles. The van der Waals surface area contributed by atoms with Gasteiger partial charge in [0.25, 0.3) is 0 Å². The molecular weight excluding hydrogens is 266 g/mol. The van der Waals surface area contributed by atoms with Crippen molar-refractivity contribution in [1.29, 1.82) is 0 Å². The van der Waals surface area contributed by atoms with Gasteiger partial charge in [-0.25, -0.2) is 4.79 Å². The second-order valence-corrected chi connectivity index (χ2v) is 5.28. The number of hydrogen-bond donors (Lipinski definition) is 1. The van der Waals surface area contributed by atoms with E-state index in [1.807, 2.05) is 19.1 Å². The smallest absolute Gasteiger partial charge is 0.331 e. The average molecular weight is 284 g/mol. The predicted molar refractivity (Wildman–Crippen MR) is 74.5 cm³/mol. The minimum atomic E-state index is -0.739. The summed E-state index contributed by atoms with van der Waals surface area (Å²) in [7, 11) is 1.41. The highest BCUT2D eigenvalue weighted by atomic mass is 35.5. The zero-order valence-corrected chi connectivity index (χ0v) is 11.9. The van der Waals surface area contributed by atoms with E-state index in [1.165, 1.54) is 7.11 Å². The molecule has 1 aliphatic heterocycles. The van der Waals surface area contributed by atoms with Crippen molar-refractivity contribution < 1.29 is 14.3 Å². The van der Waals surface area contributed by atoms with Crippen molar-refractivity contribution in [3.63, 3.8) is 0 Å². The zero-order chi connectivity index (χ0) is 13.9. The lowest BCUT2D eigenvalue weighted by Crippen LogP contribution is -2.53. The molecule has 2 rings (SSSR count). The molecule has 104 valence electrons. The van der Waals surface area contributed by atoms with Crippen molar-refractivity contribution in [1.82, 2.24) is 0 Å². The normalized spacial score (nSPS) is 26.8. The third-order valence-corrected chi connectivity index (χ3v) is 3.59. The first-order valence-corrected chi connectivity index (χ1v) is 6.67. The molecule has 1 aliphatic rings. The van der Waals surface area contributed by atoms with Crippen molar-refractivity contribution in [2.45, 2.75) is 31.4 Å². The van der Waals surface area contributed by atoms with Gasteiger partial charge in [-0.15, -0.1) is 0 Å². The van der Waals surface area contributed by atoms with Crippen molar-refractivity contribution >= 4 is 23.3 Å². The van der Waals surface area contributed by atoms with E-state index >= 15 is 0 Å². The monoisotopic (exact) mass is 283 g/mol. The minimum Gasteiger partial charge on any atom is -0.467 e. The van der Waals surface area contributed by atoms with Crippen LogP contribution >= 0.6 is 11.6 Å². The van der Waals surface area contributed by atoms with Gasteiger partial charge in [0, 0.05) is 30.2 Å². The van der Waals surface area contributed by atoms with Gasteiger partial charge in [0.2, 0.25) is 0 Å². The van der Waals surface area contributed by atoms with E-state index in [4.69, 9.17) is 21.1 Å². The number of halogens is 1. The summed E-state index contributed by atoms with van der Waals surface area (Å²) >= 11 is 5.97. The lowest BCUT2D eigenvalue weighted by Gasteiger charge is -2.38. The van der Waals surface area contributed by atoms with Crippen molar-refractivity contribution in [3.05, 3.63) is 29.3 Å². The Morgan fingerprint density at radius 1 is 1.58 bits per heavy atom. The quantitative estimate of drug-likeness (QED) is 0.867. The molecule has 4 nitrogen and oxygen atoms in total. The van der Waals surface area contributed by atoms with Crippen molar-refractivity contribution in [2.75, 3.05) is 19.0 Å². The first-order valence-electron chi connectivity index (χ1n) is 6.29. The van der Waals surface area contributed by atoms with Gasteiger partial charge in [-0.05, 0) is 25.1 Å². The predicted octanol–water partition coefficient (Wildman–Crippen LogP) is 2.86. The van der Waals surface area contributed by atoms with E-state index in [-0.39, 0.29) is 12.1 Å². The molecule has 0 aromatic heterocycles. The lowest BCUT2D eigenvalue weighted by atomic mass is 9.86. The van der Waals surface area contributed by atoms with Gasteiger partial charge in [0.05, 0.1) is 13.2 Å². The summed E-state index contributed by atoms with van der Waals surface area (Å²) in [5.74, 6) is -0.261. The summed E-state index contributed by atoms with van der Waals surface area (Å²) in [6.45, 7) is 2.49. The molecule has 2 unspecified atom stereocenters. The largest absolute Gasteiger partial charge is 0.467 e. The molecule has 5 heteroatoms. The van der Waals surface area contributed by atoms with E-state index in [1.54, 1.807) is 12.1 Å². The number of carbonyl (C=O) groups is 1. The van der Waals surface area contributed by atoms with Crippen molar-refractivity contribution in [2.24, 2.45) is 0 Å². The number of anilines is 1. The number of esters is 1. The summed E-state index contributed by atoms with van der Waals surface area (Å²) in [6, 6.07) is 7.33. The Morgan fingerprint density at radius 2 is 2.37 bits per heavy atom. The fourth-order valence-electron chi connectivity index (χ4n) is 2.47. The van der Waals surface area contributed by atoms with Crippen LogP contribution in [-0.4, -0.2) is 31.3 Å². The van der Waals surface area contributed by atoms with Crippen molar-refractivity contribution in [3.8, 4) is 0 Å². The number of benzene rings is 1. The summed E-state index contributed by atoms with van der Waals surface area (Å²) < 4.78 is 10.5. The van der Waals surface area contributed by atoms with Crippen LogP contribution in [0.1, 0.15) is 19.8 Å². The molecule has 0 radical (unpaired) electrons. The Hall–Kier alpha value is -1.26. The van der Waals surface area contributed by atoms with Crippen LogP contribution in [0.3, 0.4) is 0 Å². The highest BCUT2D eigenvalue weighted by molar-refractivity contribution is 6.30. The van der Waals surface area contributed by atoms with Crippen LogP contribution in [-0.2, 0) is 14.3 Å². The van der Waals surface area contributed by atoms with Gasteiger partial charge in [-0.2, -0.15) is 0 Å².